The predicted octanol–water partition coefficient (Wildman–Crippen LogP) is 3.99. The van der Waals surface area contributed by atoms with Crippen molar-refractivity contribution >= 4 is 30.0 Å². The highest BCUT2D eigenvalue weighted by Crippen LogP contribution is 2.72. The van der Waals surface area contributed by atoms with Gasteiger partial charge in [0.15, 0.2) is 19.7 Å². The number of Topliss-reactive ketones (excluding diaryl/α,β-unsaturated/α-hetero) is 1. The minimum atomic E-state index is -2.03. The van der Waals surface area contributed by atoms with Crippen LogP contribution in [0.5, 0.6) is 0 Å². The first-order valence-corrected chi connectivity index (χ1v) is 13.6. The van der Waals surface area contributed by atoms with Crippen LogP contribution in [0.3, 0.4) is 0 Å². The molecule has 0 unspecified atom stereocenters. The summed E-state index contributed by atoms with van der Waals surface area (Å²) in [5.74, 6) is 0.261. The van der Waals surface area contributed by atoms with E-state index in [0.717, 1.165) is 6.42 Å². The molecule has 1 aliphatic heterocycles. The average Bonchev–Trinajstić information content (AvgIpc) is 2.98. The van der Waals surface area contributed by atoms with Gasteiger partial charge in [-0.25, -0.2) is 0 Å². The molecule has 4 nitrogen and oxygen atoms in total. The zero-order valence-electron chi connectivity index (χ0n) is 16.9. The lowest BCUT2D eigenvalue weighted by Crippen LogP contribution is -2.69. The van der Waals surface area contributed by atoms with Crippen LogP contribution in [-0.2, 0) is 14.0 Å². The lowest BCUT2D eigenvalue weighted by molar-refractivity contribution is -0.140. The van der Waals surface area contributed by atoms with Gasteiger partial charge >= 0.3 is 0 Å². The summed E-state index contributed by atoms with van der Waals surface area (Å²) in [5.41, 5.74) is -1.59. The number of fused-ring (bicyclic) bond motifs is 6. The van der Waals surface area contributed by atoms with Gasteiger partial charge in [0.05, 0.1) is 11.5 Å². The molecule has 0 aromatic carbocycles. The third-order valence-corrected chi connectivity index (χ3v) is 14.3. The van der Waals surface area contributed by atoms with Gasteiger partial charge in [-0.3, -0.25) is 4.79 Å². The maximum Gasteiger partial charge on any atom is 0.192 e. The molecule has 3 aliphatic carbocycles. The van der Waals surface area contributed by atoms with Gasteiger partial charge in [-0.1, -0.05) is 54.9 Å². The molecule has 3 fully saturated rings. The van der Waals surface area contributed by atoms with Gasteiger partial charge in [-0.15, -0.1) is 6.58 Å². The van der Waals surface area contributed by atoms with Crippen LogP contribution in [0, 0.1) is 17.3 Å². The molecular weight excluding hydrogens is 424 g/mol. The quantitative estimate of drug-likeness (QED) is 0.295. The number of aliphatic hydroxyl groups excluding tert-OH is 1. The smallest absolute Gasteiger partial charge is 0.192 e. The summed E-state index contributed by atoms with van der Waals surface area (Å²) in [6.07, 6.45) is 6.18. The van der Waals surface area contributed by atoms with Gasteiger partial charge < -0.3 is 14.3 Å². The van der Waals surface area contributed by atoms with Crippen molar-refractivity contribution in [2.45, 2.75) is 73.9 Å². The summed E-state index contributed by atoms with van der Waals surface area (Å²) in [6.45, 7) is 15.2. The van der Waals surface area contributed by atoms with Gasteiger partial charge in [-0.05, 0) is 30.5 Å². The molecule has 2 saturated carbocycles. The Morgan fingerprint density at radius 2 is 2.04 bits per heavy atom. The van der Waals surface area contributed by atoms with Gasteiger partial charge in [0, 0.05) is 18.9 Å². The van der Waals surface area contributed by atoms with Crippen LogP contribution in [0.4, 0.5) is 0 Å². The Kier molecular flexibility index (Phi) is 4.19. The number of hydrogen-bond donors (Lipinski definition) is 1. The molecule has 0 amide bonds. The number of carbonyl (C=O) groups excluding carboxylic acids is 1. The molecular formula is C21H31BrO4Si. The second kappa shape index (κ2) is 5.66. The van der Waals surface area contributed by atoms with E-state index in [1.54, 1.807) is 6.08 Å². The second-order valence-corrected chi connectivity index (χ2v) is 16.4. The molecule has 1 saturated heterocycles. The highest BCUT2D eigenvalue weighted by atomic mass is 79.9. The van der Waals surface area contributed by atoms with Crippen molar-refractivity contribution in [2.75, 3.05) is 6.61 Å². The van der Waals surface area contributed by atoms with Gasteiger partial charge in [0.2, 0.25) is 0 Å². The Morgan fingerprint density at radius 1 is 1.41 bits per heavy atom. The standard InChI is InChI=1S/C21H31BrO4Si/c1-7-10-20-16(26-20)15(23)19(12-25-27(5,6)18(2,3)4)13-8-9-14(11-13)21(19,22)17(20)24/h7-9,13-16,23H,1,10-12H2,2-6H3/t13-,14+,15-,16+,19+,20+,21+/m0/s1. The number of carbonyl (C=O) groups is 1. The van der Waals surface area contributed by atoms with E-state index in [1.165, 1.54) is 0 Å². The maximum atomic E-state index is 13.7. The fraction of sp³-hybridized carbons (Fsp3) is 0.762. The van der Waals surface area contributed by atoms with Crippen LogP contribution >= 0.6 is 15.9 Å². The number of epoxide rings is 1. The first-order valence-electron chi connectivity index (χ1n) is 9.91. The van der Waals surface area contributed by atoms with Crippen LogP contribution in [0.25, 0.3) is 0 Å². The fourth-order valence-electron chi connectivity index (χ4n) is 5.36. The normalized spacial score (nSPS) is 47.7. The average molecular weight is 455 g/mol. The Morgan fingerprint density at radius 3 is 2.63 bits per heavy atom. The van der Waals surface area contributed by atoms with E-state index >= 15 is 0 Å². The van der Waals surface area contributed by atoms with Crippen molar-refractivity contribution < 1.29 is 19.1 Å². The number of ether oxygens (including phenoxy) is 1. The van der Waals surface area contributed by atoms with Crippen LogP contribution in [0.1, 0.15) is 33.6 Å². The van der Waals surface area contributed by atoms with Crippen molar-refractivity contribution in [1.82, 2.24) is 0 Å². The molecule has 0 aromatic rings. The molecule has 7 atom stereocenters. The van der Waals surface area contributed by atoms with Crippen LogP contribution < -0.4 is 0 Å². The molecule has 27 heavy (non-hydrogen) atoms. The van der Waals surface area contributed by atoms with E-state index in [0.29, 0.717) is 13.0 Å². The van der Waals surface area contributed by atoms with Gasteiger partial charge in [0.25, 0.3) is 0 Å². The van der Waals surface area contributed by atoms with Crippen LogP contribution in [0.15, 0.2) is 24.8 Å². The number of aliphatic hydroxyl groups is 1. The Labute approximate surface area is 171 Å². The molecule has 1 N–H and O–H groups in total. The number of alkyl halides is 1. The van der Waals surface area contributed by atoms with Crippen LogP contribution in [-0.4, -0.2) is 47.9 Å². The van der Waals surface area contributed by atoms with E-state index in [2.05, 4.69) is 68.5 Å². The van der Waals surface area contributed by atoms with E-state index < -0.39 is 35.9 Å². The summed E-state index contributed by atoms with van der Waals surface area (Å²) in [6, 6.07) is 0. The molecule has 1 heterocycles. The molecule has 2 bridgehead atoms. The maximum absolute atomic E-state index is 13.7. The van der Waals surface area contributed by atoms with Crippen molar-refractivity contribution in [2.24, 2.45) is 17.3 Å². The summed E-state index contributed by atoms with van der Waals surface area (Å²) in [4.78, 5) is 13.7. The highest BCUT2D eigenvalue weighted by molar-refractivity contribution is 9.10. The molecule has 0 radical (unpaired) electrons. The first-order chi connectivity index (χ1) is 12.4. The lowest BCUT2D eigenvalue weighted by atomic mass is 9.56. The zero-order chi connectivity index (χ0) is 20.0. The molecule has 0 aromatic heterocycles. The van der Waals surface area contributed by atoms with Gasteiger partial charge in [0.1, 0.15) is 10.4 Å². The Bertz CT molecular complexity index is 728. The van der Waals surface area contributed by atoms with Crippen molar-refractivity contribution in [3.63, 3.8) is 0 Å². The summed E-state index contributed by atoms with van der Waals surface area (Å²) in [5, 5.41) is 11.6. The number of halogens is 1. The van der Waals surface area contributed by atoms with E-state index in [9.17, 15) is 9.90 Å². The highest BCUT2D eigenvalue weighted by Gasteiger charge is 2.85. The van der Waals surface area contributed by atoms with Crippen molar-refractivity contribution in [1.29, 1.82) is 0 Å². The van der Waals surface area contributed by atoms with Crippen molar-refractivity contribution in [3.8, 4) is 0 Å². The number of hydrogen-bond acceptors (Lipinski definition) is 4. The van der Waals surface area contributed by atoms with E-state index in [-0.39, 0.29) is 22.7 Å². The third-order valence-electron chi connectivity index (χ3n) is 8.13. The minimum absolute atomic E-state index is 0.0678. The topological polar surface area (TPSA) is 59.1 Å². The molecule has 0 spiro atoms. The SMILES string of the molecule is C=CC[C@@]12O[C@@H]1[C@H](O)[C@@]1(CO[Si](C)(C)C(C)(C)C)[C@H]3C=C[C@H](C3)[C@@]1(Br)C2=O. The first kappa shape index (κ1) is 20.0. The van der Waals surface area contributed by atoms with Crippen LogP contribution in [0.2, 0.25) is 18.1 Å². The lowest BCUT2D eigenvalue weighted by Gasteiger charge is -2.54. The minimum Gasteiger partial charge on any atom is -0.416 e. The molecule has 6 heteroatoms. The summed E-state index contributed by atoms with van der Waals surface area (Å²) < 4.78 is 11.7. The number of rotatable bonds is 5. The number of allylic oxidation sites excluding steroid dienone is 2. The monoisotopic (exact) mass is 454 g/mol. The second-order valence-electron chi connectivity index (χ2n) is 10.3. The predicted molar refractivity (Wildman–Crippen MR) is 111 cm³/mol. The third kappa shape index (κ3) is 2.22. The Balaban J connectivity index is 1.75. The van der Waals surface area contributed by atoms with Gasteiger partial charge in [-0.2, -0.15) is 0 Å². The van der Waals surface area contributed by atoms with Crippen molar-refractivity contribution in [3.05, 3.63) is 24.8 Å². The summed E-state index contributed by atoms with van der Waals surface area (Å²) in [7, 11) is -2.03. The molecule has 4 aliphatic rings. The fourth-order valence-corrected chi connectivity index (χ4v) is 7.71. The van der Waals surface area contributed by atoms with E-state index in [1.807, 2.05) is 0 Å². The van der Waals surface area contributed by atoms with E-state index in [4.69, 9.17) is 9.16 Å². The zero-order valence-corrected chi connectivity index (χ0v) is 19.5. The largest absolute Gasteiger partial charge is 0.416 e. The molecule has 150 valence electrons. The number of ketones is 1. The Hall–Kier alpha value is -0.273. The molecule has 4 rings (SSSR count). The summed E-state index contributed by atoms with van der Waals surface area (Å²) >= 11 is 3.89.